The number of aryl methyl sites for hydroxylation is 3. The fourth-order valence-electron chi connectivity index (χ4n) is 3.67. The fourth-order valence-corrected chi connectivity index (χ4v) is 4.72. The zero-order valence-electron chi connectivity index (χ0n) is 17.6. The molecule has 30 heavy (non-hydrogen) atoms. The molecule has 0 saturated heterocycles. The van der Waals surface area contributed by atoms with Crippen molar-refractivity contribution in [3.05, 3.63) is 63.8 Å². The van der Waals surface area contributed by atoms with Gasteiger partial charge in [-0.25, -0.2) is 9.97 Å². The SMILES string of the molecule is CCc1nc(C)c(CCC[C@H](CC2C=CC=CC2)C(=O)Nc2ccc(C#N)cn2)s1. The van der Waals surface area contributed by atoms with E-state index in [1.165, 1.54) is 16.1 Å². The average molecular weight is 421 g/mol. The van der Waals surface area contributed by atoms with Gasteiger partial charge in [0.25, 0.3) is 0 Å². The molecule has 0 aliphatic heterocycles. The summed E-state index contributed by atoms with van der Waals surface area (Å²) in [6, 6.07) is 5.40. The molecule has 5 nitrogen and oxygen atoms in total. The highest BCUT2D eigenvalue weighted by Crippen LogP contribution is 2.27. The summed E-state index contributed by atoms with van der Waals surface area (Å²) in [6.45, 7) is 4.21. The predicted molar refractivity (Wildman–Crippen MR) is 121 cm³/mol. The third-order valence-corrected chi connectivity index (χ3v) is 6.73. The Labute approximate surface area is 182 Å². The quantitative estimate of drug-likeness (QED) is 0.591. The van der Waals surface area contributed by atoms with Crippen LogP contribution in [0.25, 0.3) is 0 Å². The first-order valence-electron chi connectivity index (χ1n) is 10.5. The summed E-state index contributed by atoms with van der Waals surface area (Å²) in [7, 11) is 0. The molecule has 0 radical (unpaired) electrons. The number of carbonyl (C=O) groups excluding carboxylic acids is 1. The van der Waals surface area contributed by atoms with E-state index in [0.29, 0.717) is 17.3 Å². The number of nitrogens with one attached hydrogen (secondary N) is 1. The van der Waals surface area contributed by atoms with Crippen molar-refractivity contribution in [1.82, 2.24) is 9.97 Å². The van der Waals surface area contributed by atoms with Gasteiger partial charge in [0.05, 0.1) is 16.3 Å². The Balaban J connectivity index is 1.63. The van der Waals surface area contributed by atoms with Crippen LogP contribution in [-0.4, -0.2) is 15.9 Å². The predicted octanol–water partition coefficient (Wildman–Crippen LogP) is 5.38. The third-order valence-electron chi connectivity index (χ3n) is 5.37. The van der Waals surface area contributed by atoms with Gasteiger partial charge in [-0.2, -0.15) is 5.26 Å². The summed E-state index contributed by atoms with van der Waals surface area (Å²) in [4.78, 5) is 23.2. The smallest absolute Gasteiger partial charge is 0.228 e. The fraction of sp³-hybridized carbons (Fsp3) is 0.417. The van der Waals surface area contributed by atoms with Gasteiger partial charge in [0.15, 0.2) is 0 Å². The van der Waals surface area contributed by atoms with Crippen molar-refractivity contribution in [1.29, 1.82) is 5.26 Å². The van der Waals surface area contributed by atoms with Gasteiger partial charge in [0.2, 0.25) is 5.91 Å². The van der Waals surface area contributed by atoms with E-state index in [-0.39, 0.29) is 11.8 Å². The van der Waals surface area contributed by atoms with Gasteiger partial charge in [-0.15, -0.1) is 11.3 Å². The van der Waals surface area contributed by atoms with E-state index >= 15 is 0 Å². The lowest BCUT2D eigenvalue weighted by molar-refractivity contribution is -0.120. The molecule has 156 valence electrons. The number of nitriles is 1. The Hall–Kier alpha value is -2.78. The summed E-state index contributed by atoms with van der Waals surface area (Å²) in [5, 5.41) is 13.0. The molecule has 1 unspecified atom stereocenters. The average Bonchev–Trinajstić information content (AvgIpc) is 3.14. The van der Waals surface area contributed by atoms with Crippen LogP contribution >= 0.6 is 11.3 Å². The van der Waals surface area contributed by atoms with E-state index < -0.39 is 0 Å². The van der Waals surface area contributed by atoms with Crippen molar-refractivity contribution < 1.29 is 4.79 Å². The topological polar surface area (TPSA) is 78.7 Å². The van der Waals surface area contributed by atoms with Gasteiger partial charge in [0, 0.05) is 17.0 Å². The summed E-state index contributed by atoms with van der Waals surface area (Å²) < 4.78 is 0. The van der Waals surface area contributed by atoms with Crippen molar-refractivity contribution in [2.45, 2.75) is 52.4 Å². The molecule has 1 aliphatic rings. The second kappa shape index (κ2) is 10.8. The molecule has 1 aliphatic carbocycles. The van der Waals surface area contributed by atoms with Crippen molar-refractivity contribution >= 4 is 23.1 Å². The molecule has 0 aromatic carbocycles. The molecular formula is C24H28N4OS. The normalized spacial score (nSPS) is 16.2. The van der Waals surface area contributed by atoms with E-state index in [0.717, 1.165) is 44.2 Å². The van der Waals surface area contributed by atoms with Crippen LogP contribution in [-0.2, 0) is 17.6 Å². The molecular weight excluding hydrogens is 392 g/mol. The largest absolute Gasteiger partial charge is 0.310 e. The van der Waals surface area contributed by atoms with Crippen LogP contribution < -0.4 is 5.32 Å². The highest BCUT2D eigenvalue weighted by Gasteiger charge is 2.23. The number of carbonyl (C=O) groups is 1. The van der Waals surface area contributed by atoms with Crippen molar-refractivity contribution in [2.24, 2.45) is 11.8 Å². The maximum atomic E-state index is 13.0. The number of pyridine rings is 1. The first-order valence-corrected chi connectivity index (χ1v) is 11.4. The Kier molecular flexibility index (Phi) is 7.92. The molecule has 0 saturated carbocycles. The van der Waals surface area contributed by atoms with Crippen molar-refractivity contribution in [2.75, 3.05) is 5.32 Å². The molecule has 1 amide bonds. The number of rotatable bonds is 9. The van der Waals surface area contributed by atoms with E-state index in [1.807, 2.05) is 6.07 Å². The van der Waals surface area contributed by atoms with E-state index in [4.69, 9.17) is 5.26 Å². The molecule has 2 atom stereocenters. The van der Waals surface area contributed by atoms with Gasteiger partial charge in [-0.1, -0.05) is 31.2 Å². The number of amides is 1. The molecule has 0 fully saturated rings. The zero-order valence-corrected chi connectivity index (χ0v) is 18.4. The number of allylic oxidation sites excluding steroid dienone is 4. The minimum absolute atomic E-state index is 0.00503. The van der Waals surface area contributed by atoms with Crippen LogP contribution in [0.2, 0.25) is 0 Å². The number of thiazole rings is 1. The molecule has 1 N–H and O–H groups in total. The van der Waals surface area contributed by atoms with E-state index in [2.05, 4.69) is 53.4 Å². The number of hydrogen-bond acceptors (Lipinski definition) is 5. The molecule has 3 rings (SSSR count). The van der Waals surface area contributed by atoms with Gasteiger partial charge >= 0.3 is 0 Å². The maximum Gasteiger partial charge on any atom is 0.228 e. The number of anilines is 1. The third kappa shape index (κ3) is 6.11. The molecule has 2 aromatic rings. The monoisotopic (exact) mass is 420 g/mol. The first kappa shape index (κ1) is 21.9. The molecule has 0 spiro atoms. The Morgan fingerprint density at radius 1 is 1.40 bits per heavy atom. The maximum absolute atomic E-state index is 13.0. The van der Waals surface area contributed by atoms with Crippen molar-refractivity contribution in [3.63, 3.8) is 0 Å². The minimum Gasteiger partial charge on any atom is -0.310 e. The van der Waals surface area contributed by atoms with Crippen LogP contribution in [0, 0.1) is 30.1 Å². The van der Waals surface area contributed by atoms with Crippen LogP contribution in [0.5, 0.6) is 0 Å². The second-order valence-electron chi connectivity index (χ2n) is 7.64. The van der Waals surface area contributed by atoms with E-state index in [1.54, 1.807) is 23.5 Å². The number of hydrogen-bond donors (Lipinski definition) is 1. The molecule has 2 heterocycles. The lowest BCUT2D eigenvalue weighted by atomic mass is 9.86. The van der Waals surface area contributed by atoms with Crippen LogP contribution in [0.4, 0.5) is 5.82 Å². The molecule has 0 bridgehead atoms. The van der Waals surface area contributed by atoms with Gasteiger partial charge in [-0.05, 0) is 63.5 Å². The summed E-state index contributed by atoms with van der Waals surface area (Å²) in [5.74, 6) is 0.804. The number of aromatic nitrogens is 2. The summed E-state index contributed by atoms with van der Waals surface area (Å²) >= 11 is 1.79. The second-order valence-corrected chi connectivity index (χ2v) is 8.80. The van der Waals surface area contributed by atoms with Gasteiger partial charge < -0.3 is 5.32 Å². The molecule has 6 heteroatoms. The Bertz CT molecular complexity index is 953. The van der Waals surface area contributed by atoms with Crippen LogP contribution in [0.3, 0.4) is 0 Å². The van der Waals surface area contributed by atoms with E-state index in [9.17, 15) is 4.79 Å². The highest BCUT2D eigenvalue weighted by atomic mass is 32.1. The zero-order chi connectivity index (χ0) is 21.3. The lowest BCUT2D eigenvalue weighted by Gasteiger charge is -2.21. The Morgan fingerprint density at radius 2 is 2.27 bits per heavy atom. The van der Waals surface area contributed by atoms with Crippen LogP contribution in [0.1, 0.15) is 53.7 Å². The Morgan fingerprint density at radius 3 is 2.90 bits per heavy atom. The summed E-state index contributed by atoms with van der Waals surface area (Å²) in [6.07, 6.45) is 15.5. The molecule has 2 aromatic heterocycles. The highest BCUT2D eigenvalue weighted by molar-refractivity contribution is 7.11. The minimum atomic E-state index is -0.0810. The van der Waals surface area contributed by atoms with Crippen molar-refractivity contribution in [3.8, 4) is 6.07 Å². The lowest BCUT2D eigenvalue weighted by Crippen LogP contribution is -2.25. The standard InChI is InChI=1S/C24H28N4OS/c1-3-23-27-17(2)21(30-23)11-7-10-20(14-18-8-5-4-6-9-18)24(29)28-22-13-12-19(15-25)16-26-22/h4-6,8,12-13,16,18,20H,3,7,9-11,14H2,1-2H3,(H,26,28,29)/t18?,20-/m1/s1. The first-order chi connectivity index (χ1) is 14.6. The van der Waals surface area contributed by atoms with Crippen LogP contribution in [0.15, 0.2) is 42.6 Å². The van der Waals surface area contributed by atoms with Gasteiger partial charge in [-0.3, -0.25) is 4.79 Å². The van der Waals surface area contributed by atoms with Gasteiger partial charge in [0.1, 0.15) is 11.9 Å². The summed E-state index contributed by atoms with van der Waals surface area (Å²) in [5.41, 5.74) is 1.61. The number of nitrogens with zero attached hydrogens (tertiary/aromatic N) is 3.